The molecule has 1 aliphatic heterocycles. The zero-order valence-electron chi connectivity index (χ0n) is 21.8. The minimum absolute atomic E-state index is 0.100. The van der Waals surface area contributed by atoms with Crippen molar-refractivity contribution in [1.82, 2.24) is 24.8 Å². The van der Waals surface area contributed by atoms with Gasteiger partial charge in [0, 0.05) is 31.1 Å². The molecule has 3 N–H and O–H groups in total. The molecule has 1 fully saturated rings. The fraction of sp³-hybridized carbons (Fsp3) is 0.308. The van der Waals surface area contributed by atoms with Gasteiger partial charge in [-0.3, -0.25) is 4.79 Å². The van der Waals surface area contributed by atoms with Crippen LogP contribution in [0.15, 0.2) is 42.7 Å². The van der Waals surface area contributed by atoms with E-state index in [1.54, 1.807) is 19.1 Å². The van der Waals surface area contributed by atoms with E-state index in [0.717, 1.165) is 10.8 Å². The van der Waals surface area contributed by atoms with Crippen LogP contribution in [-0.2, 0) is 11.0 Å². The maximum Gasteiger partial charge on any atom is 0.433 e. The van der Waals surface area contributed by atoms with Crippen molar-refractivity contribution in [3.63, 3.8) is 0 Å². The third-order valence-corrected chi connectivity index (χ3v) is 7.41. The first-order valence-corrected chi connectivity index (χ1v) is 13.3. The average molecular weight is 588 g/mol. The topological polar surface area (TPSA) is 142 Å². The normalized spacial score (nSPS) is 16.0. The summed E-state index contributed by atoms with van der Waals surface area (Å²) in [4.78, 5) is 41.0. The van der Waals surface area contributed by atoms with Crippen molar-refractivity contribution in [2.24, 2.45) is 0 Å². The maximum absolute atomic E-state index is 13.6. The molecule has 4 heterocycles. The van der Waals surface area contributed by atoms with Gasteiger partial charge in [0.15, 0.2) is 10.9 Å². The number of alkyl halides is 3. The summed E-state index contributed by atoms with van der Waals surface area (Å²) >= 11 is 1.27. The molecule has 2 atom stereocenters. The summed E-state index contributed by atoms with van der Waals surface area (Å²) in [5.74, 6) is 0.0889. The van der Waals surface area contributed by atoms with Gasteiger partial charge in [0.2, 0.25) is 11.8 Å². The number of pyridine rings is 1. The number of hydrogen-bond donors (Lipinski definition) is 3. The molecule has 0 saturated carbocycles. The smallest absolute Gasteiger partial charge is 0.433 e. The van der Waals surface area contributed by atoms with E-state index in [-0.39, 0.29) is 28.9 Å². The molecule has 1 aliphatic rings. The van der Waals surface area contributed by atoms with Crippen LogP contribution in [0.2, 0.25) is 0 Å². The lowest BCUT2D eigenvalue weighted by Gasteiger charge is -2.29. The highest BCUT2D eigenvalue weighted by Crippen LogP contribution is 2.37. The van der Waals surface area contributed by atoms with E-state index in [0.29, 0.717) is 35.8 Å². The number of benzene rings is 1. The van der Waals surface area contributed by atoms with E-state index in [9.17, 15) is 27.9 Å². The number of thiazole rings is 1. The Morgan fingerprint density at radius 2 is 2.00 bits per heavy atom. The fourth-order valence-corrected chi connectivity index (χ4v) is 5.59. The average Bonchev–Trinajstić information content (AvgIpc) is 3.56. The highest BCUT2D eigenvalue weighted by atomic mass is 32.1. The first-order valence-electron chi connectivity index (χ1n) is 12.5. The number of ether oxygens (including phenoxy) is 1. The second kappa shape index (κ2) is 11.2. The number of halogens is 3. The number of carboxylic acid groups (broad SMARTS) is 1. The van der Waals surface area contributed by atoms with E-state index in [2.05, 4.69) is 30.6 Å². The van der Waals surface area contributed by atoms with Gasteiger partial charge >= 0.3 is 12.3 Å². The first kappa shape index (κ1) is 28.0. The summed E-state index contributed by atoms with van der Waals surface area (Å²) in [5, 5.41) is 15.6. The van der Waals surface area contributed by atoms with E-state index in [1.165, 1.54) is 41.6 Å². The van der Waals surface area contributed by atoms with Crippen LogP contribution < -0.4 is 15.4 Å². The number of para-hydroxylation sites is 1. The van der Waals surface area contributed by atoms with Gasteiger partial charge in [-0.1, -0.05) is 17.4 Å². The number of fused-ring (bicyclic) bond motifs is 1. The van der Waals surface area contributed by atoms with E-state index in [1.807, 2.05) is 6.07 Å². The lowest BCUT2D eigenvalue weighted by atomic mass is 10.1. The summed E-state index contributed by atoms with van der Waals surface area (Å²) in [6.45, 7) is 3.43. The molecule has 2 amide bonds. The van der Waals surface area contributed by atoms with Crippen molar-refractivity contribution < 1.29 is 32.6 Å². The van der Waals surface area contributed by atoms with Gasteiger partial charge in [-0.2, -0.15) is 13.2 Å². The number of carbonyl (C=O) groups excluding carboxylic acids is 1. The molecule has 0 bridgehead atoms. The Balaban J connectivity index is 1.47. The zero-order chi connectivity index (χ0) is 29.3. The molecular weight excluding hydrogens is 563 g/mol. The lowest BCUT2D eigenvalue weighted by molar-refractivity contribution is -0.141. The minimum atomic E-state index is -4.69. The second-order valence-corrected chi connectivity index (χ2v) is 10.4. The SMILES string of the molecule is CC(=O)Nc1nc2c(Oc3cc(-c4ccc(C(F)(F)F)nc4N[C@H](C)C4CCCN4C(=O)O)ncn3)cccc2s1. The quantitative estimate of drug-likeness (QED) is 0.242. The zero-order valence-corrected chi connectivity index (χ0v) is 22.6. The van der Waals surface area contributed by atoms with Crippen LogP contribution in [0.3, 0.4) is 0 Å². The number of hydrogen-bond acceptors (Lipinski definition) is 9. The Labute approximate surface area is 235 Å². The molecule has 4 aromatic rings. The summed E-state index contributed by atoms with van der Waals surface area (Å²) in [5.41, 5.74) is -0.130. The number of anilines is 2. The lowest BCUT2D eigenvalue weighted by Crippen LogP contribution is -2.44. The van der Waals surface area contributed by atoms with Crippen LogP contribution in [0.25, 0.3) is 21.5 Å². The highest BCUT2D eigenvalue weighted by Gasteiger charge is 2.35. The standard InChI is InChI=1S/C26H24F3N7O4S/c1-13(17-5-4-10-36(17)25(38)39)32-23-15(8-9-20(34-23)26(27,28)29)16-11-21(31-12-30-16)40-18-6-3-7-19-22(18)35-24(41-19)33-14(2)37/h3,6-9,11-13,17H,4-5,10H2,1-2H3,(H,32,34)(H,38,39)(H,33,35,37)/t13-,17?/m1/s1. The summed E-state index contributed by atoms with van der Waals surface area (Å²) in [6.07, 6.45) is -3.36. The van der Waals surface area contributed by atoms with Gasteiger partial charge in [-0.25, -0.2) is 24.7 Å². The van der Waals surface area contributed by atoms with Crippen LogP contribution in [0.5, 0.6) is 11.6 Å². The largest absolute Gasteiger partial charge is 0.465 e. The molecule has 11 nitrogen and oxygen atoms in total. The molecular formula is C26H24F3N7O4S. The molecule has 3 aromatic heterocycles. The number of aromatic nitrogens is 4. The maximum atomic E-state index is 13.6. The Morgan fingerprint density at radius 3 is 2.73 bits per heavy atom. The van der Waals surface area contributed by atoms with E-state index >= 15 is 0 Å². The summed E-state index contributed by atoms with van der Waals surface area (Å²) in [7, 11) is 0. The van der Waals surface area contributed by atoms with Crippen molar-refractivity contribution in [3.05, 3.63) is 48.4 Å². The number of amides is 2. The molecule has 1 unspecified atom stereocenters. The van der Waals surface area contributed by atoms with Crippen LogP contribution >= 0.6 is 11.3 Å². The second-order valence-electron chi connectivity index (χ2n) is 9.36. The van der Waals surface area contributed by atoms with Crippen molar-refractivity contribution in [2.45, 2.75) is 44.9 Å². The Morgan fingerprint density at radius 1 is 1.20 bits per heavy atom. The number of nitrogens with one attached hydrogen (secondary N) is 2. The van der Waals surface area contributed by atoms with Crippen LogP contribution in [-0.4, -0.2) is 60.6 Å². The van der Waals surface area contributed by atoms with Crippen LogP contribution in [0.4, 0.5) is 28.9 Å². The van der Waals surface area contributed by atoms with Gasteiger partial charge in [0.1, 0.15) is 23.4 Å². The predicted octanol–water partition coefficient (Wildman–Crippen LogP) is 5.86. The molecule has 0 spiro atoms. The van der Waals surface area contributed by atoms with Gasteiger partial charge in [0.25, 0.3) is 0 Å². The Kier molecular flexibility index (Phi) is 7.62. The highest BCUT2D eigenvalue weighted by molar-refractivity contribution is 7.22. The first-order chi connectivity index (χ1) is 19.5. The molecule has 15 heteroatoms. The fourth-order valence-electron chi connectivity index (χ4n) is 4.66. The van der Waals surface area contributed by atoms with Gasteiger partial charge < -0.3 is 25.4 Å². The van der Waals surface area contributed by atoms with Gasteiger partial charge in [-0.05, 0) is 44.0 Å². The molecule has 214 valence electrons. The molecule has 1 saturated heterocycles. The van der Waals surface area contributed by atoms with Crippen molar-refractivity contribution in [3.8, 4) is 22.9 Å². The molecule has 41 heavy (non-hydrogen) atoms. The van der Waals surface area contributed by atoms with Crippen molar-refractivity contribution in [1.29, 1.82) is 0 Å². The van der Waals surface area contributed by atoms with Gasteiger partial charge in [0.05, 0.1) is 16.4 Å². The van der Waals surface area contributed by atoms with Crippen LogP contribution in [0, 0.1) is 0 Å². The molecule has 1 aromatic carbocycles. The molecule has 5 rings (SSSR count). The van der Waals surface area contributed by atoms with Crippen LogP contribution in [0.1, 0.15) is 32.4 Å². The number of rotatable bonds is 7. The van der Waals surface area contributed by atoms with Crippen molar-refractivity contribution >= 4 is 44.5 Å². The monoisotopic (exact) mass is 587 g/mol. The summed E-state index contributed by atoms with van der Waals surface area (Å²) in [6, 6.07) is 7.82. The van der Waals surface area contributed by atoms with E-state index in [4.69, 9.17) is 4.74 Å². The molecule has 0 aliphatic carbocycles. The Bertz CT molecular complexity index is 1610. The minimum Gasteiger partial charge on any atom is -0.465 e. The molecule has 0 radical (unpaired) electrons. The van der Waals surface area contributed by atoms with E-state index < -0.39 is 30.0 Å². The Hall–Kier alpha value is -4.53. The third kappa shape index (κ3) is 6.14. The number of nitrogens with zero attached hydrogens (tertiary/aromatic N) is 5. The summed E-state index contributed by atoms with van der Waals surface area (Å²) < 4.78 is 47.4. The van der Waals surface area contributed by atoms with Crippen molar-refractivity contribution in [2.75, 3.05) is 17.2 Å². The predicted molar refractivity (Wildman–Crippen MR) is 145 cm³/mol. The number of carbonyl (C=O) groups is 2. The third-order valence-electron chi connectivity index (χ3n) is 6.47. The van der Waals surface area contributed by atoms with Gasteiger partial charge in [-0.15, -0.1) is 0 Å². The number of likely N-dealkylation sites (tertiary alicyclic amines) is 1.